The number of hydrogen-bond acceptors (Lipinski definition) is 5. The van der Waals surface area contributed by atoms with E-state index in [0.717, 1.165) is 6.26 Å². The molecule has 1 heterocycles. The molecule has 2 aromatic rings. The van der Waals surface area contributed by atoms with Gasteiger partial charge in [-0.3, -0.25) is 4.79 Å². The number of nitrogens with one attached hydrogen (secondary N) is 1. The number of benzene rings is 1. The Morgan fingerprint density at radius 3 is 2.60 bits per heavy atom. The molecule has 0 unspecified atom stereocenters. The second-order valence-electron chi connectivity index (χ2n) is 4.09. The van der Waals surface area contributed by atoms with Crippen LogP contribution in [0.1, 0.15) is 16.2 Å². The lowest BCUT2D eigenvalue weighted by Gasteiger charge is -2.05. The Labute approximate surface area is 120 Å². The van der Waals surface area contributed by atoms with E-state index in [2.05, 4.69) is 10.3 Å². The summed E-state index contributed by atoms with van der Waals surface area (Å²) in [4.78, 5) is 11.8. The molecule has 1 aromatic carbocycles. The van der Waals surface area contributed by atoms with Gasteiger partial charge in [-0.25, -0.2) is 17.8 Å². The second kappa shape index (κ2) is 5.22. The summed E-state index contributed by atoms with van der Waals surface area (Å²) in [6.07, 6.45) is 0.888. The molecule has 0 saturated heterocycles. The van der Waals surface area contributed by atoms with Gasteiger partial charge in [0.25, 0.3) is 5.91 Å². The molecule has 0 spiro atoms. The quantitative estimate of drug-likeness (QED) is 0.909. The van der Waals surface area contributed by atoms with Crippen LogP contribution >= 0.6 is 11.6 Å². The number of nitrogens with zero attached hydrogens (tertiary/aromatic N) is 3. The predicted octanol–water partition coefficient (Wildman–Crippen LogP) is 0.919. The van der Waals surface area contributed by atoms with Gasteiger partial charge in [0.05, 0.1) is 22.7 Å². The van der Waals surface area contributed by atoms with E-state index in [9.17, 15) is 13.2 Å². The third kappa shape index (κ3) is 2.97. The number of hydrogen-bond donors (Lipinski definition) is 1. The molecule has 0 radical (unpaired) electrons. The van der Waals surface area contributed by atoms with Crippen LogP contribution in [-0.2, 0) is 10.0 Å². The van der Waals surface area contributed by atoms with E-state index in [1.54, 1.807) is 31.2 Å². The fourth-order valence-corrected chi connectivity index (χ4v) is 2.26. The summed E-state index contributed by atoms with van der Waals surface area (Å²) in [5.41, 5.74) is 0.868. The molecular weight excluding hydrogens is 304 g/mol. The minimum absolute atomic E-state index is 0.0738. The molecule has 0 saturated carbocycles. The molecule has 0 aliphatic heterocycles. The van der Waals surface area contributed by atoms with Gasteiger partial charge < -0.3 is 0 Å². The van der Waals surface area contributed by atoms with Crippen LogP contribution in [0.4, 0.5) is 0 Å². The van der Waals surface area contributed by atoms with Crippen LogP contribution in [0.25, 0.3) is 5.69 Å². The van der Waals surface area contributed by atoms with Gasteiger partial charge in [-0.15, -0.1) is 5.10 Å². The zero-order chi connectivity index (χ0) is 14.9. The van der Waals surface area contributed by atoms with Crippen LogP contribution in [0.5, 0.6) is 0 Å². The van der Waals surface area contributed by atoms with Gasteiger partial charge in [0, 0.05) is 0 Å². The van der Waals surface area contributed by atoms with E-state index in [1.807, 2.05) is 4.72 Å². The summed E-state index contributed by atoms with van der Waals surface area (Å²) in [7, 11) is -3.65. The van der Waals surface area contributed by atoms with E-state index < -0.39 is 15.9 Å². The number of rotatable bonds is 3. The topological polar surface area (TPSA) is 93.9 Å². The highest BCUT2D eigenvalue weighted by atomic mass is 35.5. The molecule has 0 bridgehead atoms. The van der Waals surface area contributed by atoms with Crippen LogP contribution in [0.3, 0.4) is 0 Å². The van der Waals surface area contributed by atoms with Crippen molar-refractivity contribution >= 4 is 27.5 Å². The van der Waals surface area contributed by atoms with Gasteiger partial charge in [-0.1, -0.05) is 28.9 Å². The van der Waals surface area contributed by atoms with Gasteiger partial charge >= 0.3 is 0 Å². The normalized spacial score (nSPS) is 11.3. The third-order valence-corrected chi connectivity index (χ3v) is 3.34. The van der Waals surface area contributed by atoms with Crippen LogP contribution < -0.4 is 4.72 Å². The molecule has 1 amide bonds. The SMILES string of the molecule is Cc1c(C(=O)NS(C)(=O)=O)nnn1-c1ccccc1Cl. The maximum absolute atomic E-state index is 11.8. The lowest BCUT2D eigenvalue weighted by atomic mass is 10.3. The highest BCUT2D eigenvalue weighted by Gasteiger charge is 2.20. The second-order valence-corrected chi connectivity index (χ2v) is 6.25. The molecule has 2 rings (SSSR count). The molecule has 106 valence electrons. The van der Waals surface area contributed by atoms with Crippen molar-refractivity contribution in [3.63, 3.8) is 0 Å². The average Bonchev–Trinajstić information content (AvgIpc) is 2.69. The third-order valence-electron chi connectivity index (χ3n) is 2.47. The molecule has 0 fully saturated rings. The van der Waals surface area contributed by atoms with Gasteiger partial charge in [-0.05, 0) is 19.1 Å². The number of carbonyl (C=O) groups excluding carboxylic acids is 1. The van der Waals surface area contributed by atoms with Crippen molar-refractivity contribution in [3.05, 3.63) is 40.7 Å². The summed E-state index contributed by atoms with van der Waals surface area (Å²) < 4.78 is 25.3. The zero-order valence-corrected chi connectivity index (χ0v) is 12.2. The van der Waals surface area contributed by atoms with Crippen molar-refractivity contribution in [3.8, 4) is 5.69 Å². The number of halogens is 1. The molecule has 0 atom stereocenters. The average molecular weight is 315 g/mol. The fourth-order valence-electron chi connectivity index (χ4n) is 1.61. The number of amides is 1. The van der Waals surface area contributed by atoms with Gasteiger partial charge in [0.1, 0.15) is 0 Å². The van der Waals surface area contributed by atoms with Crippen LogP contribution in [0, 0.1) is 6.92 Å². The van der Waals surface area contributed by atoms with Crippen molar-refractivity contribution < 1.29 is 13.2 Å². The molecule has 7 nitrogen and oxygen atoms in total. The summed E-state index contributed by atoms with van der Waals surface area (Å²) in [6.45, 7) is 1.60. The highest BCUT2D eigenvalue weighted by molar-refractivity contribution is 7.89. The fraction of sp³-hybridized carbons (Fsp3) is 0.182. The van der Waals surface area contributed by atoms with E-state index in [1.165, 1.54) is 4.68 Å². The van der Waals surface area contributed by atoms with Crippen molar-refractivity contribution in [2.75, 3.05) is 6.26 Å². The van der Waals surface area contributed by atoms with Crippen LogP contribution in [0.15, 0.2) is 24.3 Å². The highest BCUT2D eigenvalue weighted by Crippen LogP contribution is 2.21. The van der Waals surface area contributed by atoms with E-state index in [-0.39, 0.29) is 5.69 Å². The lowest BCUT2D eigenvalue weighted by molar-refractivity contribution is 0.0976. The Bertz CT molecular complexity index is 770. The molecule has 9 heteroatoms. The van der Waals surface area contributed by atoms with E-state index in [4.69, 9.17) is 11.6 Å². The van der Waals surface area contributed by atoms with Crippen LogP contribution in [0.2, 0.25) is 5.02 Å². The first-order chi connectivity index (χ1) is 9.29. The minimum Gasteiger partial charge on any atom is -0.266 e. The van der Waals surface area contributed by atoms with Gasteiger partial charge in [-0.2, -0.15) is 0 Å². The monoisotopic (exact) mass is 314 g/mol. The van der Waals surface area contributed by atoms with Crippen molar-refractivity contribution in [2.45, 2.75) is 6.92 Å². The first-order valence-corrected chi connectivity index (χ1v) is 7.76. The first kappa shape index (κ1) is 14.5. The maximum Gasteiger partial charge on any atom is 0.287 e. The Balaban J connectivity index is 2.42. The smallest absolute Gasteiger partial charge is 0.266 e. The van der Waals surface area contributed by atoms with Crippen molar-refractivity contribution in [1.82, 2.24) is 19.7 Å². The summed E-state index contributed by atoms with van der Waals surface area (Å²) >= 11 is 6.04. The number of sulfonamides is 1. The zero-order valence-electron chi connectivity index (χ0n) is 10.7. The predicted molar refractivity (Wildman–Crippen MR) is 73.4 cm³/mol. The van der Waals surface area contributed by atoms with Gasteiger partial charge in [0.15, 0.2) is 5.69 Å². The number of aromatic nitrogens is 3. The maximum atomic E-state index is 11.8. The molecular formula is C11H11ClN4O3S. The Morgan fingerprint density at radius 1 is 1.35 bits per heavy atom. The Hall–Kier alpha value is -1.93. The Kier molecular flexibility index (Phi) is 3.78. The molecule has 0 aliphatic carbocycles. The summed E-state index contributed by atoms with van der Waals surface area (Å²) in [5.74, 6) is -0.830. The largest absolute Gasteiger partial charge is 0.287 e. The first-order valence-electron chi connectivity index (χ1n) is 5.49. The van der Waals surface area contributed by atoms with Gasteiger partial charge in [0.2, 0.25) is 10.0 Å². The number of carbonyl (C=O) groups is 1. The summed E-state index contributed by atoms with van der Waals surface area (Å²) in [5, 5.41) is 7.96. The molecule has 1 N–H and O–H groups in total. The van der Waals surface area contributed by atoms with E-state index >= 15 is 0 Å². The molecule has 20 heavy (non-hydrogen) atoms. The molecule has 1 aromatic heterocycles. The van der Waals surface area contributed by atoms with Crippen molar-refractivity contribution in [1.29, 1.82) is 0 Å². The standard InChI is InChI=1S/C11H11ClN4O3S/c1-7-10(11(17)14-20(2,18)19)13-15-16(7)9-6-4-3-5-8(9)12/h3-6H,1-2H3,(H,14,17). The van der Waals surface area contributed by atoms with Crippen molar-refractivity contribution in [2.24, 2.45) is 0 Å². The lowest BCUT2D eigenvalue weighted by Crippen LogP contribution is -2.30. The minimum atomic E-state index is -3.65. The Morgan fingerprint density at radius 2 is 2.00 bits per heavy atom. The number of para-hydroxylation sites is 1. The molecule has 0 aliphatic rings. The summed E-state index contributed by atoms with van der Waals surface area (Å²) in [6, 6.07) is 6.91. The van der Waals surface area contributed by atoms with Crippen LogP contribution in [-0.4, -0.2) is 35.6 Å². The van der Waals surface area contributed by atoms with E-state index in [0.29, 0.717) is 16.4 Å².